The lowest BCUT2D eigenvalue weighted by Crippen LogP contribution is -2.30. The Kier molecular flexibility index (Phi) is 5.21. The fraction of sp³-hybridized carbons (Fsp3) is 0.120. The molecule has 1 fully saturated rings. The van der Waals surface area contributed by atoms with E-state index < -0.39 is 17.7 Å². The number of rotatable bonds is 5. The zero-order chi connectivity index (χ0) is 23.8. The van der Waals surface area contributed by atoms with Crippen LogP contribution in [0.1, 0.15) is 17.3 Å². The normalized spacial score (nSPS) is 17.4. The molecule has 0 radical (unpaired) electrons. The molecule has 2 aromatic heterocycles. The highest BCUT2D eigenvalue weighted by Gasteiger charge is 2.48. The number of anilines is 1. The van der Waals surface area contributed by atoms with Gasteiger partial charge >= 0.3 is 5.91 Å². The number of nitrogens with one attached hydrogen (secondary N) is 1. The predicted molar refractivity (Wildman–Crippen MR) is 125 cm³/mol. The number of imidazole rings is 1. The number of Topliss-reactive ketones (excluding diaryl/α,β-unsaturated/α-hetero) is 1. The molecule has 0 bridgehead atoms. The van der Waals surface area contributed by atoms with Gasteiger partial charge in [0.05, 0.1) is 36.5 Å². The summed E-state index contributed by atoms with van der Waals surface area (Å²) >= 11 is 0. The monoisotopic (exact) mass is 456 g/mol. The van der Waals surface area contributed by atoms with Gasteiger partial charge in [-0.3, -0.25) is 19.5 Å². The third-order valence-corrected chi connectivity index (χ3v) is 5.67. The van der Waals surface area contributed by atoms with Gasteiger partial charge in [0, 0.05) is 11.8 Å². The number of aromatic amines is 1. The first-order valence-electron chi connectivity index (χ1n) is 10.4. The summed E-state index contributed by atoms with van der Waals surface area (Å²) in [5.74, 6) is -1.01. The zero-order valence-electron chi connectivity index (χ0n) is 18.4. The molecule has 1 aliphatic rings. The summed E-state index contributed by atoms with van der Waals surface area (Å²) in [6.07, 6.45) is 1.56. The van der Waals surface area contributed by atoms with Crippen molar-refractivity contribution in [2.24, 2.45) is 0 Å². The summed E-state index contributed by atoms with van der Waals surface area (Å²) in [6.45, 7) is 0. The van der Waals surface area contributed by atoms with Crippen LogP contribution in [0.3, 0.4) is 0 Å². The number of nitrogens with zero attached hydrogens (tertiary/aromatic N) is 3. The molecule has 4 aromatic rings. The lowest BCUT2D eigenvalue weighted by molar-refractivity contribution is -0.132. The van der Waals surface area contributed by atoms with Gasteiger partial charge in [-0.15, -0.1) is 0 Å². The Bertz CT molecular complexity index is 1410. The number of ketones is 1. The summed E-state index contributed by atoms with van der Waals surface area (Å²) in [5, 5.41) is 11.3. The molecule has 1 amide bonds. The van der Waals surface area contributed by atoms with Crippen LogP contribution in [-0.4, -0.2) is 46.0 Å². The Labute approximate surface area is 194 Å². The van der Waals surface area contributed by atoms with Crippen molar-refractivity contribution in [3.05, 3.63) is 83.7 Å². The fourth-order valence-electron chi connectivity index (χ4n) is 4.06. The van der Waals surface area contributed by atoms with E-state index in [-0.39, 0.29) is 17.3 Å². The van der Waals surface area contributed by atoms with Crippen LogP contribution in [0.2, 0.25) is 0 Å². The number of hydrogen-bond donors (Lipinski definition) is 2. The molecule has 1 atom stereocenters. The third-order valence-electron chi connectivity index (χ3n) is 5.67. The first-order valence-corrected chi connectivity index (χ1v) is 10.4. The van der Waals surface area contributed by atoms with E-state index in [1.807, 2.05) is 18.2 Å². The van der Waals surface area contributed by atoms with E-state index in [9.17, 15) is 14.7 Å². The average Bonchev–Trinajstić information content (AvgIpc) is 3.42. The largest absolute Gasteiger partial charge is 0.507 e. The van der Waals surface area contributed by atoms with E-state index in [0.29, 0.717) is 33.8 Å². The van der Waals surface area contributed by atoms with Gasteiger partial charge in [-0.2, -0.15) is 0 Å². The second kappa shape index (κ2) is 8.36. The van der Waals surface area contributed by atoms with Crippen molar-refractivity contribution in [3.63, 3.8) is 0 Å². The molecule has 0 saturated carbocycles. The van der Waals surface area contributed by atoms with E-state index in [4.69, 9.17) is 9.47 Å². The number of ether oxygens (including phenoxy) is 2. The molecule has 1 unspecified atom stereocenters. The molecule has 5 rings (SSSR count). The van der Waals surface area contributed by atoms with Gasteiger partial charge in [-0.25, -0.2) is 4.98 Å². The molecule has 2 N–H and O–H groups in total. The molecule has 2 aromatic carbocycles. The van der Waals surface area contributed by atoms with E-state index in [1.165, 1.54) is 25.2 Å². The maximum Gasteiger partial charge on any atom is 0.302 e. The zero-order valence-corrected chi connectivity index (χ0v) is 18.4. The van der Waals surface area contributed by atoms with E-state index in [2.05, 4.69) is 15.0 Å². The molecule has 0 spiro atoms. The number of carbonyl (C=O) groups excluding carboxylic acids is 2. The van der Waals surface area contributed by atoms with Crippen molar-refractivity contribution in [1.82, 2.24) is 15.0 Å². The van der Waals surface area contributed by atoms with Crippen molar-refractivity contribution in [1.29, 1.82) is 0 Å². The topological polar surface area (TPSA) is 118 Å². The molecule has 34 heavy (non-hydrogen) atoms. The molecule has 3 heterocycles. The summed E-state index contributed by atoms with van der Waals surface area (Å²) < 4.78 is 10.6. The molecular formula is C25H20N4O5. The number of benzene rings is 2. The predicted octanol–water partition coefficient (Wildman–Crippen LogP) is 3.60. The number of carbonyl (C=O) groups is 2. The second-order valence-electron chi connectivity index (χ2n) is 7.57. The number of methoxy groups -OCH3 is 2. The Morgan fingerprint density at radius 1 is 1.00 bits per heavy atom. The van der Waals surface area contributed by atoms with Crippen molar-refractivity contribution < 1.29 is 24.2 Å². The fourth-order valence-corrected chi connectivity index (χ4v) is 4.06. The lowest BCUT2D eigenvalue weighted by atomic mass is 9.98. The van der Waals surface area contributed by atoms with Gasteiger partial charge in [-0.1, -0.05) is 18.2 Å². The minimum absolute atomic E-state index is 0.101. The first-order chi connectivity index (χ1) is 16.5. The summed E-state index contributed by atoms with van der Waals surface area (Å²) in [7, 11) is 2.97. The van der Waals surface area contributed by atoms with E-state index in [1.54, 1.807) is 42.6 Å². The summed E-state index contributed by atoms with van der Waals surface area (Å²) in [5.41, 5.74) is 1.94. The van der Waals surface area contributed by atoms with Crippen molar-refractivity contribution in [2.75, 3.05) is 19.1 Å². The van der Waals surface area contributed by atoms with Crippen molar-refractivity contribution >= 4 is 34.4 Å². The number of fused-ring (bicyclic) bond motifs is 1. The average molecular weight is 456 g/mol. The minimum atomic E-state index is -0.991. The van der Waals surface area contributed by atoms with E-state index in [0.717, 1.165) is 0 Å². The molecule has 0 aliphatic carbocycles. The lowest BCUT2D eigenvalue weighted by Gasteiger charge is -2.22. The number of aliphatic hydroxyl groups excluding tert-OH is 1. The molecular weight excluding hydrogens is 436 g/mol. The van der Waals surface area contributed by atoms with Crippen LogP contribution < -0.4 is 14.4 Å². The van der Waals surface area contributed by atoms with Gasteiger partial charge < -0.3 is 19.6 Å². The number of hydrogen-bond acceptors (Lipinski definition) is 7. The maximum atomic E-state index is 13.2. The Hall–Kier alpha value is -4.66. The number of H-pyrrole nitrogens is 1. The Morgan fingerprint density at radius 2 is 1.76 bits per heavy atom. The highest BCUT2D eigenvalue weighted by molar-refractivity contribution is 6.51. The quantitative estimate of drug-likeness (QED) is 0.268. The highest BCUT2D eigenvalue weighted by atomic mass is 16.5. The van der Waals surface area contributed by atoms with Crippen LogP contribution in [-0.2, 0) is 9.59 Å². The minimum Gasteiger partial charge on any atom is -0.507 e. The summed E-state index contributed by atoms with van der Waals surface area (Å²) in [6, 6.07) is 16.2. The number of amides is 1. The van der Waals surface area contributed by atoms with Crippen LogP contribution in [0.5, 0.6) is 11.5 Å². The molecule has 170 valence electrons. The van der Waals surface area contributed by atoms with Gasteiger partial charge in [0.1, 0.15) is 11.8 Å². The summed E-state index contributed by atoms with van der Waals surface area (Å²) in [4.78, 5) is 39.7. The highest BCUT2D eigenvalue weighted by Crippen LogP contribution is 2.41. The van der Waals surface area contributed by atoms with Crippen LogP contribution in [0, 0.1) is 0 Å². The standard InChI is InChI=1S/C25H20N4O5/c1-33-18-11-10-14(13-19(18)34-2)22(30)20-21(17-9-5-6-12-26-17)29(24(32)23(20)31)25-27-15-7-3-4-8-16(15)28-25/h3-13,21,30H,1-2H3,(H,27,28)/b22-20+. The third kappa shape index (κ3) is 3.34. The number of aliphatic hydroxyl groups is 1. The molecule has 1 saturated heterocycles. The van der Waals surface area contributed by atoms with Gasteiger partial charge in [-0.05, 0) is 42.5 Å². The number of aromatic nitrogens is 3. The number of pyridine rings is 1. The Morgan fingerprint density at radius 3 is 2.47 bits per heavy atom. The molecule has 9 nitrogen and oxygen atoms in total. The van der Waals surface area contributed by atoms with Crippen molar-refractivity contribution in [2.45, 2.75) is 6.04 Å². The van der Waals surface area contributed by atoms with Gasteiger partial charge in [0.25, 0.3) is 5.78 Å². The SMILES string of the molecule is COc1ccc(/C(O)=C2\C(=O)C(=O)N(c3nc4ccccc4[nH]3)C2c2ccccn2)cc1OC. The molecule has 9 heteroatoms. The first kappa shape index (κ1) is 21.2. The van der Waals surface area contributed by atoms with Crippen LogP contribution >= 0.6 is 0 Å². The van der Waals surface area contributed by atoms with Crippen LogP contribution in [0.15, 0.2) is 72.4 Å². The van der Waals surface area contributed by atoms with Crippen LogP contribution in [0.25, 0.3) is 16.8 Å². The van der Waals surface area contributed by atoms with Gasteiger partial charge in [0.2, 0.25) is 5.95 Å². The maximum absolute atomic E-state index is 13.2. The second-order valence-corrected chi connectivity index (χ2v) is 7.57. The molecule has 1 aliphatic heterocycles. The van der Waals surface area contributed by atoms with Crippen molar-refractivity contribution in [3.8, 4) is 11.5 Å². The van der Waals surface area contributed by atoms with Crippen LogP contribution in [0.4, 0.5) is 5.95 Å². The Balaban J connectivity index is 1.71. The smallest absolute Gasteiger partial charge is 0.302 e. The van der Waals surface area contributed by atoms with Gasteiger partial charge in [0.15, 0.2) is 11.5 Å². The van der Waals surface area contributed by atoms with E-state index >= 15 is 0 Å². The number of para-hydroxylation sites is 2.